The van der Waals surface area contributed by atoms with E-state index in [9.17, 15) is 14.4 Å². The topological polar surface area (TPSA) is 81.8 Å². The SMILES string of the molecule is CN(C)C(=O)C1CCCN1C(=O)c1ccc(NC(=O)Nc2ccccc2)cc1. The van der Waals surface area contributed by atoms with Gasteiger partial charge in [0, 0.05) is 37.6 Å². The number of amides is 4. The minimum Gasteiger partial charge on any atom is -0.347 e. The van der Waals surface area contributed by atoms with Crippen LogP contribution in [-0.2, 0) is 4.79 Å². The van der Waals surface area contributed by atoms with Crippen LogP contribution in [0.3, 0.4) is 0 Å². The number of nitrogens with one attached hydrogen (secondary N) is 2. The van der Waals surface area contributed by atoms with Crippen molar-refractivity contribution in [1.29, 1.82) is 0 Å². The van der Waals surface area contributed by atoms with Crippen LogP contribution in [-0.4, -0.2) is 54.3 Å². The Morgan fingerprint density at radius 1 is 0.929 bits per heavy atom. The van der Waals surface area contributed by atoms with Crippen molar-refractivity contribution in [2.24, 2.45) is 0 Å². The monoisotopic (exact) mass is 380 g/mol. The summed E-state index contributed by atoms with van der Waals surface area (Å²) in [7, 11) is 3.40. The van der Waals surface area contributed by atoms with Crippen LogP contribution in [0.15, 0.2) is 54.6 Å². The van der Waals surface area contributed by atoms with E-state index in [-0.39, 0.29) is 17.8 Å². The maximum atomic E-state index is 12.8. The van der Waals surface area contributed by atoms with Crippen molar-refractivity contribution in [3.05, 3.63) is 60.2 Å². The van der Waals surface area contributed by atoms with Crippen LogP contribution in [0.5, 0.6) is 0 Å². The second kappa shape index (κ2) is 8.56. The molecule has 0 saturated carbocycles. The number of rotatable bonds is 4. The molecule has 146 valence electrons. The lowest BCUT2D eigenvalue weighted by atomic mass is 10.1. The molecule has 7 heteroatoms. The summed E-state index contributed by atoms with van der Waals surface area (Å²) in [5.41, 5.74) is 1.76. The zero-order chi connectivity index (χ0) is 20.1. The fourth-order valence-electron chi connectivity index (χ4n) is 3.24. The maximum Gasteiger partial charge on any atom is 0.323 e. The molecule has 1 saturated heterocycles. The molecule has 0 bridgehead atoms. The van der Waals surface area contributed by atoms with Gasteiger partial charge in [0.2, 0.25) is 5.91 Å². The van der Waals surface area contributed by atoms with E-state index in [4.69, 9.17) is 0 Å². The Morgan fingerprint density at radius 3 is 2.14 bits per heavy atom. The van der Waals surface area contributed by atoms with E-state index in [1.165, 1.54) is 4.90 Å². The molecule has 1 aliphatic heterocycles. The molecule has 2 aromatic rings. The molecule has 1 atom stereocenters. The fraction of sp³-hybridized carbons (Fsp3) is 0.286. The number of para-hydroxylation sites is 1. The van der Waals surface area contributed by atoms with Gasteiger partial charge in [-0.15, -0.1) is 0 Å². The Hall–Kier alpha value is -3.35. The van der Waals surface area contributed by atoms with Gasteiger partial charge in [0.25, 0.3) is 5.91 Å². The van der Waals surface area contributed by atoms with Gasteiger partial charge in [-0.3, -0.25) is 9.59 Å². The first-order valence-corrected chi connectivity index (χ1v) is 9.21. The number of carbonyl (C=O) groups is 3. The smallest absolute Gasteiger partial charge is 0.323 e. The van der Waals surface area contributed by atoms with Crippen molar-refractivity contribution < 1.29 is 14.4 Å². The van der Waals surface area contributed by atoms with E-state index in [2.05, 4.69) is 10.6 Å². The van der Waals surface area contributed by atoms with Gasteiger partial charge in [0.05, 0.1) is 0 Å². The molecule has 7 nitrogen and oxygen atoms in total. The van der Waals surface area contributed by atoms with Crippen LogP contribution in [0.1, 0.15) is 23.2 Å². The highest BCUT2D eigenvalue weighted by Crippen LogP contribution is 2.22. The van der Waals surface area contributed by atoms with Crippen molar-refractivity contribution in [2.75, 3.05) is 31.3 Å². The van der Waals surface area contributed by atoms with Gasteiger partial charge in [0.15, 0.2) is 0 Å². The maximum absolute atomic E-state index is 12.8. The van der Waals surface area contributed by atoms with Crippen molar-refractivity contribution in [1.82, 2.24) is 9.80 Å². The number of nitrogens with zero attached hydrogens (tertiary/aromatic N) is 2. The highest BCUT2D eigenvalue weighted by Gasteiger charge is 2.35. The summed E-state index contributed by atoms with van der Waals surface area (Å²) in [5, 5.41) is 5.47. The summed E-state index contributed by atoms with van der Waals surface area (Å²) in [4.78, 5) is 40.3. The van der Waals surface area contributed by atoms with Crippen LogP contribution < -0.4 is 10.6 Å². The summed E-state index contributed by atoms with van der Waals surface area (Å²) in [6.45, 7) is 0.572. The number of likely N-dealkylation sites (N-methyl/N-ethyl adjacent to an activating group) is 1. The number of hydrogen-bond acceptors (Lipinski definition) is 3. The van der Waals surface area contributed by atoms with E-state index in [0.29, 0.717) is 29.9 Å². The molecule has 28 heavy (non-hydrogen) atoms. The minimum absolute atomic E-state index is 0.0540. The predicted octanol–water partition coefficient (Wildman–Crippen LogP) is 3.02. The second-order valence-electron chi connectivity index (χ2n) is 6.91. The molecule has 0 spiro atoms. The number of hydrogen-bond donors (Lipinski definition) is 2. The van der Waals surface area contributed by atoms with Gasteiger partial charge >= 0.3 is 6.03 Å². The quantitative estimate of drug-likeness (QED) is 0.855. The molecule has 3 rings (SSSR count). The van der Waals surface area contributed by atoms with Crippen LogP contribution in [0.25, 0.3) is 0 Å². The third kappa shape index (κ3) is 4.49. The average Bonchev–Trinajstić information content (AvgIpc) is 3.17. The first-order valence-electron chi connectivity index (χ1n) is 9.21. The van der Waals surface area contributed by atoms with Gasteiger partial charge in [-0.2, -0.15) is 0 Å². The molecule has 2 aromatic carbocycles. The number of anilines is 2. The second-order valence-corrected chi connectivity index (χ2v) is 6.91. The highest BCUT2D eigenvalue weighted by atomic mass is 16.2. The van der Waals surface area contributed by atoms with Crippen molar-refractivity contribution in [3.8, 4) is 0 Å². The number of likely N-dealkylation sites (tertiary alicyclic amines) is 1. The molecule has 0 aliphatic carbocycles. The van der Waals surface area contributed by atoms with Gasteiger partial charge in [-0.25, -0.2) is 4.79 Å². The van der Waals surface area contributed by atoms with E-state index >= 15 is 0 Å². The van der Waals surface area contributed by atoms with Crippen LogP contribution in [0, 0.1) is 0 Å². The van der Waals surface area contributed by atoms with Gasteiger partial charge < -0.3 is 20.4 Å². The summed E-state index contributed by atoms with van der Waals surface area (Å²) < 4.78 is 0. The first-order chi connectivity index (χ1) is 13.5. The largest absolute Gasteiger partial charge is 0.347 e. The minimum atomic E-state index is -0.406. The van der Waals surface area contributed by atoms with E-state index < -0.39 is 6.04 Å². The standard InChI is InChI=1S/C21H24N4O3/c1-24(2)20(27)18-9-6-14-25(18)19(26)15-10-12-17(13-11-15)23-21(28)22-16-7-4-3-5-8-16/h3-5,7-8,10-13,18H,6,9,14H2,1-2H3,(H2,22,23,28). The zero-order valence-corrected chi connectivity index (χ0v) is 16.0. The van der Waals surface area contributed by atoms with Crippen molar-refractivity contribution >= 4 is 29.2 Å². The number of benzene rings is 2. The van der Waals surface area contributed by atoms with E-state index in [1.807, 2.05) is 18.2 Å². The van der Waals surface area contributed by atoms with Gasteiger partial charge in [-0.05, 0) is 49.2 Å². The van der Waals surface area contributed by atoms with Crippen LogP contribution >= 0.6 is 0 Å². The summed E-state index contributed by atoms with van der Waals surface area (Å²) in [5.74, 6) is -0.222. The third-order valence-electron chi connectivity index (χ3n) is 4.66. The summed E-state index contributed by atoms with van der Waals surface area (Å²) in [6, 6.07) is 15.0. The van der Waals surface area contributed by atoms with Gasteiger partial charge in [-0.1, -0.05) is 18.2 Å². The molecule has 1 aliphatic rings. The van der Waals surface area contributed by atoms with Gasteiger partial charge in [0.1, 0.15) is 6.04 Å². The molecular formula is C21H24N4O3. The Kier molecular flexibility index (Phi) is 5.93. The molecule has 1 unspecified atom stereocenters. The zero-order valence-electron chi connectivity index (χ0n) is 16.0. The molecule has 0 aromatic heterocycles. The van der Waals surface area contributed by atoms with Crippen molar-refractivity contribution in [3.63, 3.8) is 0 Å². The van der Waals surface area contributed by atoms with E-state index in [0.717, 1.165) is 6.42 Å². The highest BCUT2D eigenvalue weighted by molar-refractivity contribution is 6.01. The third-order valence-corrected chi connectivity index (χ3v) is 4.66. The number of carbonyl (C=O) groups excluding carboxylic acids is 3. The Labute approximate surface area is 164 Å². The lowest BCUT2D eigenvalue weighted by Gasteiger charge is -2.26. The van der Waals surface area contributed by atoms with Crippen LogP contribution in [0.4, 0.5) is 16.2 Å². The number of urea groups is 1. The van der Waals surface area contributed by atoms with Crippen molar-refractivity contribution in [2.45, 2.75) is 18.9 Å². The molecule has 1 heterocycles. The first kappa shape index (κ1) is 19.4. The molecule has 0 radical (unpaired) electrons. The molecule has 2 N–H and O–H groups in total. The molecule has 4 amide bonds. The lowest BCUT2D eigenvalue weighted by Crippen LogP contribution is -2.45. The van der Waals surface area contributed by atoms with E-state index in [1.54, 1.807) is 55.4 Å². The Bertz CT molecular complexity index is 850. The van der Waals surface area contributed by atoms with Crippen LogP contribution in [0.2, 0.25) is 0 Å². The normalized spacial score (nSPS) is 15.8. The molecule has 1 fully saturated rings. The lowest BCUT2D eigenvalue weighted by molar-refractivity contribution is -0.132. The summed E-state index contributed by atoms with van der Waals surface area (Å²) >= 11 is 0. The predicted molar refractivity (Wildman–Crippen MR) is 108 cm³/mol. The molecular weight excluding hydrogens is 356 g/mol. The summed E-state index contributed by atoms with van der Waals surface area (Å²) in [6.07, 6.45) is 1.50. The average molecular weight is 380 g/mol. The Balaban J connectivity index is 1.63. The Morgan fingerprint density at radius 2 is 1.54 bits per heavy atom. The fourth-order valence-corrected chi connectivity index (χ4v) is 3.24.